The van der Waals surface area contributed by atoms with Gasteiger partial charge in [-0.05, 0) is 54.6 Å². The fourth-order valence-electron chi connectivity index (χ4n) is 3.81. The molecule has 0 atom stereocenters. The first-order valence-electron chi connectivity index (χ1n) is 11.2. The Morgan fingerprint density at radius 1 is 0.829 bits per heavy atom. The maximum Gasteiger partial charge on any atom is 0.254 e. The highest BCUT2D eigenvalue weighted by Gasteiger charge is 2.23. The number of hydrogen-bond acceptors (Lipinski definition) is 7. The molecular weight excluding hydrogens is 447 g/mol. The van der Waals surface area contributed by atoms with Gasteiger partial charge in [0.25, 0.3) is 5.91 Å². The van der Waals surface area contributed by atoms with Crippen molar-refractivity contribution < 1.29 is 13.9 Å². The smallest absolute Gasteiger partial charge is 0.254 e. The lowest BCUT2D eigenvalue weighted by atomic mass is 10.1. The SMILES string of the molecule is O=C(c1cccc(Oc2ccc(F)cc2)c1)N1CCN(c2cc(Nc3ccccn3)ncn2)CC1. The van der Waals surface area contributed by atoms with Gasteiger partial charge >= 0.3 is 0 Å². The molecule has 0 bridgehead atoms. The Labute approximate surface area is 202 Å². The average molecular weight is 471 g/mol. The van der Waals surface area contributed by atoms with Crippen LogP contribution in [0, 0.1) is 5.82 Å². The minimum absolute atomic E-state index is 0.0607. The Morgan fingerprint density at radius 3 is 2.43 bits per heavy atom. The molecule has 176 valence electrons. The summed E-state index contributed by atoms with van der Waals surface area (Å²) in [5.74, 6) is 2.79. The Kier molecular flexibility index (Phi) is 6.47. The van der Waals surface area contributed by atoms with Gasteiger partial charge in [0.15, 0.2) is 0 Å². The summed E-state index contributed by atoms with van der Waals surface area (Å²) in [5.41, 5.74) is 0.543. The van der Waals surface area contributed by atoms with Crippen molar-refractivity contribution in [1.29, 1.82) is 0 Å². The summed E-state index contributed by atoms with van der Waals surface area (Å²) >= 11 is 0. The molecule has 0 unspecified atom stereocenters. The molecule has 0 spiro atoms. The van der Waals surface area contributed by atoms with E-state index >= 15 is 0 Å². The van der Waals surface area contributed by atoms with Crippen LogP contribution >= 0.6 is 0 Å². The minimum Gasteiger partial charge on any atom is -0.457 e. The highest BCUT2D eigenvalue weighted by Crippen LogP contribution is 2.24. The lowest BCUT2D eigenvalue weighted by Gasteiger charge is -2.35. The number of ether oxygens (including phenoxy) is 1. The van der Waals surface area contributed by atoms with Crippen LogP contribution in [-0.4, -0.2) is 51.9 Å². The molecule has 9 heteroatoms. The zero-order valence-corrected chi connectivity index (χ0v) is 18.8. The lowest BCUT2D eigenvalue weighted by molar-refractivity contribution is 0.0746. The van der Waals surface area contributed by atoms with E-state index in [4.69, 9.17) is 4.74 Å². The minimum atomic E-state index is -0.330. The van der Waals surface area contributed by atoms with Crippen LogP contribution in [0.3, 0.4) is 0 Å². The molecule has 0 aliphatic carbocycles. The van der Waals surface area contributed by atoms with E-state index in [1.807, 2.05) is 29.2 Å². The predicted molar refractivity (Wildman–Crippen MR) is 131 cm³/mol. The Bertz CT molecular complexity index is 1290. The predicted octanol–water partition coefficient (Wildman–Crippen LogP) is 4.51. The molecule has 1 aliphatic heterocycles. The second kappa shape index (κ2) is 10.2. The zero-order chi connectivity index (χ0) is 24.0. The number of hydrogen-bond donors (Lipinski definition) is 1. The van der Waals surface area contributed by atoms with Crippen LogP contribution in [0.2, 0.25) is 0 Å². The molecule has 1 saturated heterocycles. The number of carbonyl (C=O) groups excluding carboxylic acids is 1. The molecule has 2 aromatic carbocycles. The molecule has 8 nitrogen and oxygen atoms in total. The van der Waals surface area contributed by atoms with Gasteiger partial charge in [-0.25, -0.2) is 19.3 Å². The number of halogens is 1. The highest BCUT2D eigenvalue weighted by atomic mass is 19.1. The summed E-state index contributed by atoms with van der Waals surface area (Å²) in [6, 6.07) is 20.3. The van der Waals surface area contributed by atoms with Gasteiger partial charge in [-0.2, -0.15) is 0 Å². The molecule has 3 heterocycles. The summed E-state index contributed by atoms with van der Waals surface area (Å²) < 4.78 is 18.9. The third-order valence-electron chi connectivity index (χ3n) is 5.59. The largest absolute Gasteiger partial charge is 0.457 e. The normalized spacial score (nSPS) is 13.4. The van der Waals surface area contributed by atoms with Crippen LogP contribution in [0.1, 0.15) is 10.4 Å². The molecule has 1 fully saturated rings. The van der Waals surface area contributed by atoms with Crippen molar-refractivity contribution in [1.82, 2.24) is 19.9 Å². The fourth-order valence-corrected chi connectivity index (χ4v) is 3.81. The number of anilines is 3. The summed E-state index contributed by atoms with van der Waals surface area (Å²) in [7, 11) is 0. The van der Waals surface area contributed by atoms with Crippen LogP contribution in [-0.2, 0) is 0 Å². The number of nitrogens with one attached hydrogen (secondary N) is 1. The van der Waals surface area contributed by atoms with E-state index in [-0.39, 0.29) is 11.7 Å². The van der Waals surface area contributed by atoms with Crippen LogP contribution in [0.25, 0.3) is 0 Å². The van der Waals surface area contributed by atoms with E-state index in [2.05, 4.69) is 25.2 Å². The van der Waals surface area contributed by atoms with Gasteiger partial charge in [0.2, 0.25) is 0 Å². The van der Waals surface area contributed by atoms with Gasteiger partial charge in [0.1, 0.15) is 41.1 Å². The van der Waals surface area contributed by atoms with Gasteiger partial charge in [-0.1, -0.05) is 12.1 Å². The first-order valence-corrected chi connectivity index (χ1v) is 11.2. The Hall–Kier alpha value is -4.53. The zero-order valence-electron chi connectivity index (χ0n) is 18.8. The number of pyridine rings is 1. The lowest BCUT2D eigenvalue weighted by Crippen LogP contribution is -2.49. The van der Waals surface area contributed by atoms with Crippen LogP contribution in [0.4, 0.5) is 21.8 Å². The topological polar surface area (TPSA) is 83.5 Å². The van der Waals surface area contributed by atoms with Gasteiger partial charge in [-0.3, -0.25) is 4.79 Å². The van der Waals surface area contributed by atoms with Crippen LogP contribution < -0.4 is 15.0 Å². The first-order chi connectivity index (χ1) is 17.1. The van der Waals surface area contributed by atoms with Crippen LogP contribution in [0.15, 0.2) is 85.3 Å². The van der Waals surface area contributed by atoms with E-state index in [0.29, 0.717) is 54.9 Å². The Balaban J connectivity index is 1.20. The third kappa shape index (κ3) is 5.52. The van der Waals surface area contributed by atoms with Crippen molar-refractivity contribution in [2.45, 2.75) is 0 Å². The van der Waals surface area contributed by atoms with E-state index in [9.17, 15) is 9.18 Å². The molecule has 4 aromatic rings. The number of piperazine rings is 1. The number of carbonyl (C=O) groups is 1. The van der Waals surface area contributed by atoms with Gasteiger partial charge < -0.3 is 19.9 Å². The quantitative estimate of drug-likeness (QED) is 0.444. The van der Waals surface area contributed by atoms with Crippen molar-refractivity contribution in [2.75, 3.05) is 36.4 Å². The van der Waals surface area contributed by atoms with Gasteiger partial charge in [-0.15, -0.1) is 0 Å². The molecule has 1 N–H and O–H groups in total. The van der Waals surface area contributed by atoms with Crippen molar-refractivity contribution >= 4 is 23.4 Å². The van der Waals surface area contributed by atoms with Crippen molar-refractivity contribution in [2.24, 2.45) is 0 Å². The van der Waals surface area contributed by atoms with E-state index in [0.717, 1.165) is 5.82 Å². The molecule has 1 amide bonds. The molecule has 2 aromatic heterocycles. The maximum absolute atomic E-state index is 13.1. The van der Waals surface area contributed by atoms with Crippen molar-refractivity contribution in [3.8, 4) is 11.5 Å². The molecule has 1 aliphatic rings. The van der Waals surface area contributed by atoms with Gasteiger partial charge in [0.05, 0.1) is 0 Å². The van der Waals surface area contributed by atoms with E-state index in [1.165, 1.54) is 18.5 Å². The summed E-state index contributed by atoms with van der Waals surface area (Å²) in [6.45, 7) is 2.43. The standard InChI is InChI=1S/C26H23FN6O2/c27-20-7-9-21(10-8-20)35-22-5-3-4-19(16-22)26(34)33-14-12-32(13-15-33)25-17-24(29-18-30-25)31-23-6-1-2-11-28-23/h1-11,16-18H,12-15H2,(H,28,29,30,31). The van der Waals surface area contributed by atoms with E-state index in [1.54, 1.807) is 42.6 Å². The molecular formula is C26H23FN6O2. The van der Waals surface area contributed by atoms with Gasteiger partial charge in [0, 0.05) is 44.0 Å². The number of rotatable bonds is 6. The van der Waals surface area contributed by atoms with Crippen molar-refractivity contribution in [3.05, 3.63) is 96.7 Å². The number of benzene rings is 2. The summed E-state index contributed by atoms with van der Waals surface area (Å²) in [4.78, 5) is 30.0. The van der Waals surface area contributed by atoms with Crippen molar-refractivity contribution in [3.63, 3.8) is 0 Å². The second-order valence-electron chi connectivity index (χ2n) is 7.96. The fraction of sp³-hybridized carbons (Fsp3) is 0.154. The van der Waals surface area contributed by atoms with Crippen LogP contribution in [0.5, 0.6) is 11.5 Å². The average Bonchev–Trinajstić information content (AvgIpc) is 2.91. The number of nitrogens with zero attached hydrogens (tertiary/aromatic N) is 5. The monoisotopic (exact) mass is 470 g/mol. The molecule has 0 radical (unpaired) electrons. The summed E-state index contributed by atoms with van der Waals surface area (Å²) in [5, 5.41) is 3.17. The Morgan fingerprint density at radius 2 is 1.66 bits per heavy atom. The molecule has 35 heavy (non-hydrogen) atoms. The highest BCUT2D eigenvalue weighted by molar-refractivity contribution is 5.94. The number of aromatic nitrogens is 3. The second-order valence-corrected chi connectivity index (χ2v) is 7.96. The molecule has 5 rings (SSSR count). The molecule has 0 saturated carbocycles. The third-order valence-corrected chi connectivity index (χ3v) is 5.59. The first kappa shape index (κ1) is 22.3. The van der Waals surface area contributed by atoms with E-state index < -0.39 is 0 Å². The maximum atomic E-state index is 13.1. The number of amides is 1. The summed E-state index contributed by atoms with van der Waals surface area (Å²) in [6.07, 6.45) is 3.23.